The maximum Gasteiger partial charge on any atom is 0.319 e. The number of anilines is 1. The van der Waals surface area contributed by atoms with Gasteiger partial charge in [0, 0.05) is 43.7 Å². The number of nitrogens with one attached hydrogen (secondary N) is 1. The Kier molecular flexibility index (Phi) is 9.65. The first kappa shape index (κ1) is 28.5. The molecule has 212 valence electrons. The van der Waals surface area contributed by atoms with Crippen LogP contribution in [0.25, 0.3) is 32.8 Å². The summed E-state index contributed by atoms with van der Waals surface area (Å²) in [6.45, 7) is 6.28. The van der Waals surface area contributed by atoms with Crippen LogP contribution in [-0.2, 0) is 0 Å². The maximum atomic E-state index is 16.5. The van der Waals surface area contributed by atoms with Crippen LogP contribution < -0.4 is 20.7 Å². The maximum absolute atomic E-state index is 16.5. The summed E-state index contributed by atoms with van der Waals surface area (Å²) >= 11 is 6.81. The van der Waals surface area contributed by atoms with Crippen molar-refractivity contribution in [2.75, 3.05) is 64.4 Å². The molecule has 2 heterocycles. The summed E-state index contributed by atoms with van der Waals surface area (Å²) in [5.74, 6) is 0.198. The molecule has 7 nitrogen and oxygen atoms in total. The van der Waals surface area contributed by atoms with Gasteiger partial charge in [0.2, 0.25) is 0 Å². The van der Waals surface area contributed by atoms with Crippen molar-refractivity contribution in [1.29, 1.82) is 0 Å². The van der Waals surface area contributed by atoms with Crippen LogP contribution in [0.1, 0.15) is 25.7 Å². The topological polar surface area (TPSA) is 79.5 Å². The zero-order valence-electron chi connectivity index (χ0n) is 23.1. The van der Waals surface area contributed by atoms with Crippen molar-refractivity contribution in [3.63, 3.8) is 0 Å². The molecule has 0 bridgehead atoms. The number of hydrogen-bond acceptors (Lipinski definition) is 7. The molecule has 3 aromatic carbocycles. The van der Waals surface area contributed by atoms with Gasteiger partial charge in [0.05, 0.1) is 11.6 Å². The Balaban J connectivity index is 1.45. The molecule has 1 aromatic heterocycles. The van der Waals surface area contributed by atoms with Crippen molar-refractivity contribution in [2.45, 2.75) is 25.7 Å². The molecule has 1 aliphatic heterocycles. The van der Waals surface area contributed by atoms with Gasteiger partial charge >= 0.3 is 6.01 Å². The van der Waals surface area contributed by atoms with Gasteiger partial charge in [0.25, 0.3) is 0 Å². The molecule has 0 radical (unpaired) electrons. The Hall–Kier alpha value is -3.04. The second-order valence-electron chi connectivity index (χ2n) is 10.4. The minimum atomic E-state index is -0.459. The third-order valence-corrected chi connectivity index (χ3v) is 7.78. The van der Waals surface area contributed by atoms with E-state index in [1.165, 1.54) is 0 Å². The second kappa shape index (κ2) is 13.5. The predicted octanol–water partition coefficient (Wildman–Crippen LogP) is 5.48. The molecule has 1 fully saturated rings. The van der Waals surface area contributed by atoms with Gasteiger partial charge in [0.1, 0.15) is 11.3 Å². The average Bonchev–Trinajstić information content (AvgIpc) is 2.98. The first-order chi connectivity index (χ1) is 19.6. The van der Waals surface area contributed by atoms with Crippen LogP contribution in [0.4, 0.5) is 10.2 Å². The van der Waals surface area contributed by atoms with Gasteiger partial charge in [-0.3, -0.25) is 0 Å². The number of hydrogen-bond donors (Lipinski definition) is 2. The minimum absolute atomic E-state index is 0.191. The fourth-order valence-corrected chi connectivity index (χ4v) is 5.64. The summed E-state index contributed by atoms with van der Waals surface area (Å²) in [7, 11) is 2.12. The zero-order chi connectivity index (χ0) is 27.9. The number of aromatic nitrogens is 2. The van der Waals surface area contributed by atoms with Gasteiger partial charge < -0.3 is 25.6 Å². The second-order valence-corrected chi connectivity index (χ2v) is 10.8. The normalized spacial score (nSPS) is 14.0. The number of ether oxygens (including phenoxy) is 1. The Morgan fingerprint density at radius 1 is 1.00 bits per heavy atom. The van der Waals surface area contributed by atoms with Gasteiger partial charge in [-0.1, -0.05) is 60.5 Å². The van der Waals surface area contributed by atoms with E-state index in [4.69, 9.17) is 27.1 Å². The van der Waals surface area contributed by atoms with E-state index in [1.54, 1.807) is 6.07 Å². The monoisotopic (exact) mass is 564 g/mol. The van der Waals surface area contributed by atoms with E-state index >= 15 is 4.39 Å². The first-order valence-electron chi connectivity index (χ1n) is 14.2. The van der Waals surface area contributed by atoms with Crippen LogP contribution in [-0.4, -0.2) is 74.3 Å². The lowest BCUT2D eigenvalue weighted by molar-refractivity contribution is 0.248. The number of nitrogens with zero attached hydrogens (tertiary/aromatic N) is 4. The van der Waals surface area contributed by atoms with Crippen molar-refractivity contribution in [1.82, 2.24) is 20.2 Å². The molecule has 0 saturated carbocycles. The lowest BCUT2D eigenvalue weighted by atomic mass is 9.96. The highest BCUT2D eigenvalue weighted by molar-refractivity contribution is 6.35. The SMILES string of the molecule is CN(CCCCCN)CCCOc1nc(N2CCNCC2)c2cc(Cl)c(-c3cccc4ccccc34)c(F)c2n1. The summed E-state index contributed by atoms with van der Waals surface area (Å²) in [4.78, 5) is 13.8. The molecule has 4 aromatic rings. The highest BCUT2D eigenvalue weighted by Gasteiger charge is 2.24. The number of rotatable bonds is 12. The number of unbranched alkanes of at least 4 members (excludes halogenated alkanes) is 2. The number of piperazine rings is 1. The van der Waals surface area contributed by atoms with Gasteiger partial charge in [-0.15, -0.1) is 0 Å². The molecule has 1 aliphatic rings. The minimum Gasteiger partial charge on any atom is -0.463 e. The Morgan fingerprint density at radius 2 is 1.77 bits per heavy atom. The van der Waals surface area contributed by atoms with E-state index in [2.05, 4.69) is 27.1 Å². The van der Waals surface area contributed by atoms with E-state index in [0.29, 0.717) is 28.4 Å². The predicted molar refractivity (Wildman–Crippen MR) is 163 cm³/mol. The van der Waals surface area contributed by atoms with Crippen molar-refractivity contribution >= 4 is 39.1 Å². The van der Waals surface area contributed by atoms with E-state index in [0.717, 1.165) is 87.8 Å². The van der Waals surface area contributed by atoms with Crippen LogP contribution in [0, 0.1) is 5.82 Å². The van der Waals surface area contributed by atoms with Gasteiger partial charge in [0.15, 0.2) is 5.82 Å². The molecule has 40 heavy (non-hydrogen) atoms. The molecule has 0 spiro atoms. The Labute approximate surface area is 240 Å². The average molecular weight is 565 g/mol. The Bertz CT molecular complexity index is 1440. The number of benzene rings is 3. The van der Waals surface area contributed by atoms with E-state index < -0.39 is 5.82 Å². The molecular formula is C31H38ClFN6O. The summed E-state index contributed by atoms with van der Waals surface area (Å²) in [5, 5.41) is 6.25. The highest BCUT2D eigenvalue weighted by Crippen LogP contribution is 2.41. The lowest BCUT2D eigenvalue weighted by Crippen LogP contribution is -2.44. The molecule has 0 aliphatic carbocycles. The summed E-state index contributed by atoms with van der Waals surface area (Å²) in [5.41, 5.74) is 6.90. The van der Waals surface area contributed by atoms with Gasteiger partial charge in [-0.2, -0.15) is 9.97 Å². The molecule has 9 heteroatoms. The van der Waals surface area contributed by atoms with Crippen LogP contribution in [0.5, 0.6) is 6.01 Å². The fraction of sp³-hybridized carbons (Fsp3) is 0.419. The summed E-state index contributed by atoms with van der Waals surface area (Å²) < 4.78 is 22.5. The number of fused-ring (bicyclic) bond motifs is 2. The summed E-state index contributed by atoms with van der Waals surface area (Å²) in [6.07, 6.45) is 4.17. The third kappa shape index (κ3) is 6.47. The highest BCUT2D eigenvalue weighted by atomic mass is 35.5. The zero-order valence-corrected chi connectivity index (χ0v) is 23.9. The van der Waals surface area contributed by atoms with Crippen LogP contribution >= 0.6 is 11.6 Å². The molecule has 5 rings (SSSR count). The standard InChI is InChI=1S/C31H38ClFN6O/c1-38(16-6-2-5-13-34)17-8-20-40-31-36-29-25(30(37-31)39-18-14-35-15-19-39)21-26(32)27(28(29)33)24-12-7-10-22-9-3-4-11-23(22)24/h3-4,7,9-12,21,35H,2,5-6,8,13-20,34H2,1H3. The molecule has 0 unspecified atom stereocenters. The van der Waals surface area contributed by atoms with E-state index in [-0.39, 0.29) is 11.5 Å². The van der Waals surface area contributed by atoms with Crippen molar-refractivity contribution in [2.24, 2.45) is 5.73 Å². The molecule has 1 saturated heterocycles. The van der Waals surface area contributed by atoms with E-state index in [1.807, 2.05) is 42.5 Å². The lowest BCUT2D eigenvalue weighted by Gasteiger charge is -2.29. The van der Waals surface area contributed by atoms with Crippen LogP contribution in [0.2, 0.25) is 5.02 Å². The van der Waals surface area contributed by atoms with Crippen molar-refractivity contribution in [3.05, 3.63) is 59.4 Å². The molecule has 0 amide bonds. The molecular weight excluding hydrogens is 527 g/mol. The first-order valence-corrected chi connectivity index (χ1v) is 14.6. The van der Waals surface area contributed by atoms with Gasteiger partial charge in [-0.05, 0) is 61.8 Å². The fourth-order valence-electron chi connectivity index (χ4n) is 5.35. The van der Waals surface area contributed by atoms with Crippen molar-refractivity contribution in [3.8, 4) is 17.1 Å². The smallest absolute Gasteiger partial charge is 0.319 e. The molecule has 3 N–H and O–H groups in total. The largest absolute Gasteiger partial charge is 0.463 e. The quantitative estimate of drug-likeness (QED) is 0.220. The number of halogens is 2. The van der Waals surface area contributed by atoms with E-state index in [9.17, 15) is 0 Å². The van der Waals surface area contributed by atoms with Crippen LogP contribution in [0.3, 0.4) is 0 Å². The van der Waals surface area contributed by atoms with Crippen molar-refractivity contribution < 1.29 is 9.13 Å². The Morgan fingerprint density at radius 3 is 2.60 bits per heavy atom. The molecule has 0 atom stereocenters. The number of nitrogens with two attached hydrogens (primary N) is 1. The third-order valence-electron chi connectivity index (χ3n) is 7.48. The summed E-state index contributed by atoms with van der Waals surface area (Å²) in [6, 6.07) is 15.8. The van der Waals surface area contributed by atoms with Gasteiger partial charge in [-0.25, -0.2) is 4.39 Å². The van der Waals surface area contributed by atoms with Crippen LogP contribution in [0.15, 0.2) is 48.5 Å².